The van der Waals surface area contributed by atoms with E-state index < -0.39 is 101 Å². The number of hydrogen-bond donors (Lipinski definition) is 7. The summed E-state index contributed by atoms with van der Waals surface area (Å²) in [5.74, 6) is -7.75. The number of Topliss-reactive ketones (excluding diaryl/α,β-unsaturated/α-hetero) is 4. The van der Waals surface area contributed by atoms with Gasteiger partial charge in [-0.3, -0.25) is 43.3 Å². The maximum Gasteiger partial charge on any atom is 0.325 e. The van der Waals surface area contributed by atoms with Crippen molar-refractivity contribution in [3.05, 3.63) is 95.6 Å². The van der Waals surface area contributed by atoms with Crippen molar-refractivity contribution in [3.8, 4) is 0 Å². The van der Waals surface area contributed by atoms with Gasteiger partial charge in [0, 0.05) is 73.9 Å². The molecule has 1 aromatic heterocycles. The maximum atomic E-state index is 14.8. The molecule has 0 bridgehead atoms. The molecular formula is C53H68N10O9S2. The molecule has 3 aliphatic rings. The summed E-state index contributed by atoms with van der Waals surface area (Å²) < 4.78 is 0. The number of guanidine groups is 1. The van der Waals surface area contributed by atoms with Crippen molar-refractivity contribution >= 4 is 85.9 Å². The van der Waals surface area contributed by atoms with Crippen LogP contribution in [0.3, 0.4) is 0 Å². The Morgan fingerprint density at radius 3 is 2.15 bits per heavy atom. The zero-order valence-corrected chi connectivity index (χ0v) is 43.9. The largest absolute Gasteiger partial charge is 0.370 e. The zero-order chi connectivity index (χ0) is 53.5. The van der Waals surface area contributed by atoms with Gasteiger partial charge in [-0.15, -0.1) is 0 Å². The van der Waals surface area contributed by atoms with Gasteiger partial charge in [0.15, 0.2) is 23.3 Å². The van der Waals surface area contributed by atoms with E-state index in [1.165, 1.54) is 37.2 Å². The van der Waals surface area contributed by atoms with Crippen LogP contribution in [0.5, 0.6) is 0 Å². The third-order valence-corrected chi connectivity index (χ3v) is 16.5. The molecule has 9 atom stereocenters. The third-order valence-electron chi connectivity index (χ3n) is 14.0. The molecule has 2 aromatic carbocycles. The van der Waals surface area contributed by atoms with Gasteiger partial charge in [-0.05, 0) is 67.7 Å². The standard InChI is InChI=1S/C53H68N10O9S2/c1-5-30(2)47-51(71)63(53(72)62-47)43-28-74-73-27-38(32(4)64)25-46(67)42(22-35-18-17-34-14-9-10-16-40(34)35)61-48(68)36(15-11-19-57-52(54)55)23-45(66)41(20-33-12-7-6-8-13-33)60-49(69)37(21-39-26-56-29-58-39)24-44(65)31(3)59-50(43)70/h6-10,12-14,16,18,26,29-31,36-38,41-43,47H,5,11,15,17,19-25,27-28H2,1-4H3,(H,56,58)(H,59,70)(H,60,69)(H,61,68)(H,62,72)(H4,54,55,57)/t30-,31+,36+,37+,38-,41+,42-,43-,47-/m0/s1. The third kappa shape index (κ3) is 15.5. The van der Waals surface area contributed by atoms with Crippen LogP contribution in [0.1, 0.15) is 95.0 Å². The number of nitrogens with one attached hydrogen (secondary N) is 5. The van der Waals surface area contributed by atoms with Crippen molar-refractivity contribution in [1.29, 1.82) is 0 Å². The predicted octanol–water partition coefficient (Wildman–Crippen LogP) is 3.80. The molecule has 6 amide bonds. The molecule has 0 spiro atoms. The highest BCUT2D eigenvalue weighted by atomic mass is 33.1. The van der Waals surface area contributed by atoms with Gasteiger partial charge in [-0.1, -0.05) is 103 Å². The number of H-pyrrole nitrogens is 1. The van der Waals surface area contributed by atoms with Gasteiger partial charge >= 0.3 is 6.03 Å². The highest BCUT2D eigenvalue weighted by Gasteiger charge is 2.47. The number of fused-ring (bicyclic) bond motifs is 1. The second kappa shape index (κ2) is 27.1. The fourth-order valence-electron chi connectivity index (χ4n) is 9.32. The van der Waals surface area contributed by atoms with Crippen LogP contribution in [-0.2, 0) is 57.6 Å². The van der Waals surface area contributed by atoms with Gasteiger partial charge in [-0.2, -0.15) is 0 Å². The van der Waals surface area contributed by atoms with Crippen LogP contribution >= 0.6 is 21.6 Å². The van der Waals surface area contributed by atoms with Gasteiger partial charge in [0.2, 0.25) is 17.7 Å². The van der Waals surface area contributed by atoms with Crippen LogP contribution in [0.2, 0.25) is 0 Å². The summed E-state index contributed by atoms with van der Waals surface area (Å²) in [5, 5.41) is 11.3. The SMILES string of the molecule is CC[C@H](C)[C@@H]1NC(=O)N([C@H]2CSSC[C@@H](C(C)=O)CC(=O)[C@H](CC3=CCc4ccccc43)NC(=O)[C@H](CCCN=C(N)N)CC(=O)[C@@H](Cc3ccccc3)NC(=O)[C@H](Cc3cnc[nH]3)CC(=O)[C@@H](C)NC2=O)C1=O. The Morgan fingerprint density at radius 1 is 0.797 bits per heavy atom. The van der Waals surface area contributed by atoms with Crippen LogP contribution in [0, 0.1) is 23.7 Å². The lowest BCUT2D eigenvalue weighted by atomic mass is 9.88. The Hall–Kier alpha value is -6.61. The molecule has 19 nitrogen and oxygen atoms in total. The number of amides is 6. The molecule has 3 aromatic rings. The van der Waals surface area contributed by atoms with Gasteiger partial charge in [0.05, 0.1) is 30.4 Å². The number of aliphatic imine (C=N–C) groups is 1. The van der Waals surface area contributed by atoms with Crippen molar-refractivity contribution < 1.29 is 43.2 Å². The molecule has 9 N–H and O–H groups in total. The summed E-state index contributed by atoms with van der Waals surface area (Å²) in [4.78, 5) is 140. The predicted molar refractivity (Wildman–Crippen MR) is 284 cm³/mol. The molecule has 74 heavy (non-hydrogen) atoms. The van der Waals surface area contributed by atoms with E-state index >= 15 is 0 Å². The number of aromatic nitrogens is 2. The highest BCUT2D eigenvalue weighted by Crippen LogP contribution is 2.33. The lowest BCUT2D eigenvalue weighted by molar-refractivity contribution is -0.137. The van der Waals surface area contributed by atoms with Crippen molar-refractivity contribution in [2.24, 2.45) is 40.1 Å². The molecule has 3 heterocycles. The van der Waals surface area contributed by atoms with Crippen LogP contribution in [-0.4, -0.2) is 122 Å². The number of urea groups is 1. The number of carbonyl (C=O) groups is 9. The number of hydrogen-bond acceptors (Lipinski definition) is 13. The summed E-state index contributed by atoms with van der Waals surface area (Å²) >= 11 is 0. The van der Waals surface area contributed by atoms with Crippen LogP contribution < -0.4 is 32.7 Å². The first-order valence-electron chi connectivity index (χ1n) is 25.1. The maximum absolute atomic E-state index is 14.8. The van der Waals surface area contributed by atoms with E-state index in [4.69, 9.17) is 11.5 Å². The minimum absolute atomic E-state index is 0.00612. The number of imidazole rings is 1. The summed E-state index contributed by atoms with van der Waals surface area (Å²) in [5.41, 5.74) is 15.3. The summed E-state index contributed by atoms with van der Waals surface area (Å²) in [6.45, 7) is 6.65. The molecule has 0 radical (unpaired) electrons. The van der Waals surface area contributed by atoms with Gasteiger partial charge in [-0.25, -0.2) is 14.7 Å². The number of rotatable bonds is 14. The van der Waals surface area contributed by atoms with E-state index in [1.54, 1.807) is 24.3 Å². The Balaban J connectivity index is 1.38. The van der Waals surface area contributed by atoms with Gasteiger partial charge in [0.25, 0.3) is 5.91 Å². The van der Waals surface area contributed by atoms with Gasteiger partial charge in [0.1, 0.15) is 17.9 Å². The summed E-state index contributed by atoms with van der Waals surface area (Å²) in [7, 11) is 2.30. The van der Waals surface area contributed by atoms with E-state index in [9.17, 15) is 43.2 Å². The van der Waals surface area contributed by atoms with E-state index in [-0.39, 0.29) is 80.7 Å². The molecule has 2 saturated heterocycles. The lowest BCUT2D eigenvalue weighted by Gasteiger charge is -2.27. The molecule has 396 valence electrons. The summed E-state index contributed by atoms with van der Waals surface area (Å²) in [6, 6.07) is 10.2. The number of aromatic amines is 1. The van der Waals surface area contributed by atoms with Crippen molar-refractivity contribution in [2.45, 2.75) is 122 Å². The van der Waals surface area contributed by atoms with Crippen molar-refractivity contribution in [1.82, 2.24) is 36.1 Å². The quantitative estimate of drug-likeness (QED) is 0.0398. The Morgan fingerprint density at radius 2 is 1.46 bits per heavy atom. The molecular weight excluding hydrogens is 985 g/mol. The van der Waals surface area contributed by atoms with Crippen molar-refractivity contribution in [3.63, 3.8) is 0 Å². The van der Waals surface area contributed by atoms with E-state index in [0.717, 1.165) is 32.4 Å². The average Bonchev–Trinajstić information content (AvgIpc) is 4.12. The molecule has 2 fully saturated rings. The van der Waals surface area contributed by atoms with Crippen molar-refractivity contribution in [2.75, 3.05) is 18.1 Å². The first-order valence-corrected chi connectivity index (χ1v) is 27.6. The Labute approximate surface area is 439 Å². The summed E-state index contributed by atoms with van der Waals surface area (Å²) in [6.07, 6.45) is 5.66. The van der Waals surface area contributed by atoms with Crippen LogP contribution in [0.4, 0.5) is 4.79 Å². The second-order valence-corrected chi connectivity index (χ2v) is 21.9. The number of carbonyl (C=O) groups excluding carboxylic acids is 9. The molecule has 1 aliphatic carbocycles. The molecule has 0 unspecified atom stereocenters. The number of nitrogens with zero attached hydrogens (tertiary/aromatic N) is 3. The Kier molecular flexibility index (Phi) is 20.7. The number of allylic oxidation sites excluding steroid dienone is 1. The fourth-order valence-corrected chi connectivity index (χ4v) is 11.9. The minimum atomic E-state index is -1.40. The van der Waals surface area contributed by atoms with E-state index in [2.05, 4.69) is 36.2 Å². The monoisotopic (exact) mass is 1050 g/mol. The molecule has 2 aliphatic heterocycles. The Bertz CT molecular complexity index is 2590. The molecule has 6 rings (SSSR count). The van der Waals surface area contributed by atoms with Crippen LogP contribution in [0.15, 0.2) is 78.2 Å². The average molecular weight is 1050 g/mol. The number of imide groups is 1. The molecule has 21 heteroatoms. The first kappa shape index (κ1) is 56.7. The fraction of sp³-hybridized carbons (Fsp3) is 0.491. The number of benzene rings is 2. The second-order valence-electron chi connectivity index (χ2n) is 19.4. The number of ketones is 4. The smallest absolute Gasteiger partial charge is 0.325 e. The van der Waals surface area contributed by atoms with E-state index in [0.29, 0.717) is 24.1 Å². The van der Waals surface area contributed by atoms with E-state index in [1.807, 2.05) is 50.3 Å². The lowest BCUT2D eigenvalue weighted by Crippen LogP contribution is -2.54. The zero-order valence-electron chi connectivity index (χ0n) is 42.3. The minimum Gasteiger partial charge on any atom is -0.370 e. The van der Waals surface area contributed by atoms with Crippen LogP contribution in [0.25, 0.3) is 5.57 Å². The van der Waals surface area contributed by atoms with Gasteiger partial charge < -0.3 is 37.7 Å². The topological polar surface area (TPSA) is 298 Å². The normalized spacial score (nSPS) is 25.5. The highest BCUT2D eigenvalue weighted by molar-refractivity contribution is 8.76. The molecule has 0 saturated carbocycles. The number of nitrogens with two attached hydrogens (primary N) is 2. The first-order chi connectivity index (χ1) is 35.4.